The predicted octanol–water partition coefficient (Wildman–Crippen LogP) is 4.69. The van der Waals surface area contributed by atoms with E-state index in [1.807, 2.05) is 56.3 Å². The van der Waals surface area contributed by atoms with Gasteiger partial charge in [0.25, 0.3) is 5.91 Å². The summed E-state index contributed by atoms with van der Waals surface area (Å²) in [6.07, 6.45) is 0.739. The van der Waals surface area contributed by atoms with Crippen LogP contribution in [0.3, 0.4) is 0 Å². The van der Waals surface area contributed by atoms with Crippen LogP contribution in [0.4, 0.5) is 5.69 Å². The zero-order chi connectivity index (χ0) is 17.6. The van der Waals surface area contributed by atoms with E-state index in [4.69, 9.17) is 4.74 Å². The van der Waals surface area contributed by atoms with Gasteiger partial charge >= 0.3 is 0 Å². The summed E-state index contributed by atoms with van der Waals surface area (Å²) in [5.74, 6) is 0.665. The van der Waals surface area contributed by atoms with Crippen LogP contribution in [0.2, 0.25) is 0 Å². The molecule has 0 saturated carbocycles. The highest BCUT2D eigenvalue weighted by atomic mass is 32.1. The number of benzene rings is 2. The van der Waals surface area contributed by atoms with E-state index in [9.17, 15) is 4.79 Å². The molecule has 0 saturated heterocycles. The maximum Gasteiger partial charge on any atom is 0.267 e. The first kappa shape index (κ1) is 17.2. The standard InChI is InChI=1S/C20H20N2O2S/c1-3-24-17-11-9-16(10-12-17)22-20(23)19-14(2)21-18(25-19)13-15-7-5-4-6-8-15/h4-12H,3,13H2,1-2H3,(H,22,23). The lowest BCUT2D eigenvalue weighted by atomic mass is 10.2. The first-order valence-electron chi connectivity index (χ1n) is 8.20. The van der Waals surface area contributed by atoms with Gasteiger partial charge in [-0.05, 0) is 43.7 Å². The van der Waals surface area contributed by atoms with E-state index in [2.05, 4.69) is 22.4 Å². The molecule has 0 atom stereocenters. The number of rotatable bonds is 6. The number of carbonyl (C=O) groups is 1. The fourth-order valence-corrected chi connectivity index (χ4v) is 3.49. The number of thiazole rings is 1. The van der Waals surface area contributed by atoms with Gasteiger partial charge in [0.1, 0.15) is 10.6 Å². The van der Waals surface area contributed by atoms with E-state index in [-0.39, 0.29) is 5.91 Å². The van der Waals surface area contributed by atoms with Gasteiger partial charge in [0.05, 0.1) is 17.3 Å². The van der Waals surface area contributed by atoms with Crippen molar-refractivity contribution in [1.29, 1.82) is 0 Å². The van der Waals surface area contributed by atoms with Crippen LogP contribution in [-0.4, -0.2) is 17.5 Å². The highest BCUT2D eigenvalue weighted by molar-refractivity contribution is 7.14. The van der Waals surface area contributed by atoms with Crippen molar-refractivity contribution in [1.82, 2.24) is 4.98 Å². The maximum atomic E-state index is 12.5. The van der Waals surface area contributed by atoms with Gasteiger partial charge < -0.3 is 10.1 Å². The van der Waals surface area contributed by atoms with Crippen molar-refractivity contribution in [2.45, 2.75) is 20.3 Å². The Morgan fingerprint density at radius 3 is 2.52 bits per heavy atom. The molecule has 0 spiro atoms. The first-order valence-corrected chi connectivity index (χ1v) is 9.02. The Bertz CT molecular complexity index is 842. The average Bonchev–Trinajstić information content (AvgIpc) is 2.98. The smallest absolute Gasteiger partial charge is 0.267 e. The van der Waals surface area contributed by atoms with E-state index < -0.39 is 0 Å². The molecule has 0 aliphatic heterocycles. The molecular formula is C20H20N2O2S. The number of carbonyl (C=O) groups excluding carboxylic acids is 1. The molecule has 0 fully saturated rings. The monoisotopic (exact) mass is 352 g/mol. The zero-order valence-corrected chi connectivity index (χ0v) is 15.1. The fourth-order valence-electron chi connectivity index (χ4n) is 2.50. The van der Waals surface area contributed by atoms with Gasteiger partial charge in [0.15, 0.2) is 0 Å². The Morgan fingerprint density at radius 1 is 1.12 bits per heavy atom. The lowest BCUT2D eigenvalue weighted by Gasteiger charge is -2.06. The van der Waals surface area contributed by atoms with E-state index in [1.165, 1.54) is 16.9 Å². The minimum atomic E-state index is -0.126. The molecule has 0 unspecified atom stereocenters. The van der Waals surface area contributed by atoms with Crippen molar-refractivity contribution in [3.8, 4) is 5.75 Å². The summed E-state index contributed by atoms with van der Waals surface area (Å²) < 4.78 is 5.41. The highest BCUT2D eigenvalue weighted by Gasteiger charge is 2.15. The minimum Gasteiger partial charge on any atom is -0.494 e. The summed E-state index contributed by atoms with van der Waals surface area (Å²) in [5, 5.41) is 3.87. The molecule has 1 N–H and O–H groups in total. The first-order chi connectivity index (χ1) is 12.2. The molecule has 3 rings (SSSR count). The summed E-state index contributed by atoms with van der Waals surface area (Å²) in [7, 11) is 0. The van der Waals surface area contributed by atoms with Gasteiger partial charge in [-0.3, -0.25) is 4.79 Å². The summed E-state index contributed by atoms with van der Waals surface area (Å²) in [4.78, 5) is 17.7. The van der Waals surface area contributed by atoms with Crippen LogP contribution in [0.25, 0.3) is 0 Å². The normalized spacial score (nSPS) is 10.5. The topological polar surface area (TPSA) is 51.2 Å². The second-order valence-corrected chi connectivity index (χ2v) is 6.68. The summed E-state index contributed by atoms with van der Waals surface area (Å²) in [6.45, 7) is 4.43. The van der Waals surface area contributed by atoms with E-state index >= 15 is 0 Å². The number of nitrogens with one attached hydrogen (secondary N) is 1. The number of hydrogen-bond acceptors (Lipinski definition) is 4. The number of amides is 1. The van der Waals surface area contributed by atoms with Crippen molar-refractivity contribution in [2.24, 2.45) is 0 Å². The van der Waals surface area contributed by atoms with E-state index in [0.717, 1.165) is 28.6 Å². The third-order valence-corrected chi connectivity index (χ3v) is 4.82. The number of aromatic nitrogens is 1. The maximum absolute atomic E-state index is 12.5. The van der Waals surface area contributed by atoms with Crippen LogP contribution >= 0.6 is 11.3 Å². The molecular weight excluding hydrogens is 332 g/mol. The average molecular weight is 352 g/mol. The van der Waals surface area contributed by atoms with Crippen molar-refractivity contribution in [3.63, 3.8) is 0 Å². The van der Waals surface area contributed by atoms with Crippen LogP contribution in [0.5, 0.6) is 5.75 Å². The summed E-state index contributed by atoms with van der Waals surface area (Å²) in [5.41, 5.74) is 2.69. The molecule has 1 amide bonds. The molecule has 3 aromatic rings. The second kappa shape index (κ2) is 7.94. The molecule has 2 aromatic carbocycles. The molecule has 1 heterocycles. The Labute approximate surface area is 151 Å². The fraction of sp³-hybridized carbons (Fsp3) is 0.200. The molecule has 128 valence electrons. The van der Waals surface area contributed by atoms with Crippen molar-refractivity contribution in [2.75, 3.05) is 11.9 Å². The van der Waals surface area contributed by atoms with Crippen LogP contribution in [0.1, 0.15) is 32.9 Å². The van der Waals surface area contributed by atoms with Crippen LogP contribution in [0, 0.1) is 6.92 Å². The Balaban J connectivity index is 1.69. The number of ether oxygens (including phenoxy) is 1. The highest BCUT2D eigenvalue weighted by Crippen LogP contribution is 2.23. The third-order valence-electron chi connectivity index (χ3n) is 3.67. The third kappa shape index (κ3) is 4.45. The van der Waals surface area contributed by atoms with Crippen LogP contribution < -0.4 is 10.1 Å². The largest absolute Gasteiger partial charge is 0.494 e. The molecule has 1 aromatic heterocycles. The lowest BCUT2D eigenvalue weighted by Crippen LogP contribution is -2.11. The van der Waals surface area contributed by atoms with Gasteiger partial charge in [-0.25, -0.2) is 4.98 Å². The zero-order valence-electron chi connectivity index (χ0n) is 14.3. The van der Waals surface area contributed by atoms with Gasteiger partial charge in [0, 0.05) is 12.1 Å². The SMILES string of the molecule is CCOc1ccc(NC(=O)c2sc(Cc3ccccc3)nc2C)cc1. The Hall–Kier alpha value is -2.66. The van der Waals surface area contributed by atoms with Crippen LogP contribution in [0.15, 0.2) is 54.6 Å². The Kier molecular flexibility index (Phi) is 5.46. The van der Waals surface area contributed by atoms with E-state index in [1.54, 1.807) is 0 Å². The Morgan fingerprint density at radius 2 is 1.84 bits per heavy atom. The summed E-state index contributed by atoms with van der Waals surface area (Å²) >= 11 is 1.45. The second-order valence-electron chi connectivity index (χ2n) is 5.60. The molecule has 0 aliphatic carbocycles. The minimum absolute atomic E-state index is 0.126. The molecule has 25 heavy (non-hydrogen) atoms. The van der Waals surface area contributed by atoms with Crippen molar-refractivity contribution < 1.29 is 9.53 Å². The number of aryl methyl sites for hydroxylation is 1. The van der Waals surface area contributed by atoms with Crippen molar-refractivity contribution >= 4 is 22.9 Å². The van der Waals surface area contributed by atoms with Crippen LogP contribution in [-0.2, 0) is 6.42 Å². The molecule has 0 radical (unpaired) electrons. The molecule has 0 aliphatic rings. The van der Waals surface area contributed by atoms with Gasteiger partial charge in [-0.15, -0.1) is 11.3 Å². The van der Waals surface area contributed by atoms with Gasteiger partial charge in [-0.1, -0.05) is 30.3 Å². The lowest BCUT2D eigenvalue weighted by molar-refractivity contribution is 0.103. The molecule has 4 nitrogen and oxygen atoms in total. The van der Waals surface area contributed by atoms with Crippen molar-refractivity contribution in [3.05, 3.63) is 75.7 Å². The molecule has 0 bridgehead atoms. The number of anilines is 1. The van der Waals surface area contributed by atoms with E-state index in [0.29, 0.717) is 11.5 Å². The number of hydrogen-bond donors (Lipinski definition) is 1. The number of nitrogens with zero attached hydrogens (tertiary/aromatic N) is 1. The van der Waals surface area contributed by atoms with Gasteiger partial charge in [-0.2, -0.15) is 0 Å². The predicted molar refractivity (Wildman–Crippen MR) is 102 cm³/mol. The quantitative estimate of drug-likeness (QED) is 0.700. The molecule has 5 heteroatoms. The van der Waals surface area contributed by atoms with Gasteiger partial charge in [0.2, 0.25) is 0 Å². The summed E-state index contributed by atoms with van der Waals surface area (Å²) in [6, 6.07) is 17.5.